The van der Waals surface area contributed by atoms with Crippen molar-refractivity contribution in [3.8, 4) is 23.0 Å². The second kappa shape index (κ2) is 9.01. The number of benzene rings is 3. The van der Waals surface area contributed by atoms with E-state index in [0.29, 0.717) is 5.75 Å². The van der Waals surface area contributed by atoms with Crippen LogP contribution in [-0.2, 0) is 0 Å². The molecular weight excluding hydrogens is 402 g/mol. The van der Waals surface area contributed by atoms with E-state index in [0.717, 1.165) is 68.6 Å². The highest BCUT2D eigenvalue weighted by Crippen LogP contribution is 2.50. The molecule has 1 fully saturated rings. The maximum Gasteiger partial charge on any atom is 0.155 e. The summed E-state index contributed by atoms with van der Waals surface area (Å²) >= 11 is 0. The Morgan fingerprint density at radius 2 is 1.53 bits per heavy atom. The van der Waals surface area contributed by atoms with Gasteiger partial charge in [-0.25, -0.2) is 0 Å². The Kier molecular flexibility index (Phi) is 5.77. The third-order valence-electron chi connectivity index (χ3n) is 6.28. The van der Waals surface area contributed by atoms with E-state index in [1.165, 1.54) is 5.69 Å². The van der Waals surface area contributed by atoms with E-state index in [1.807, 2.05) is 42.5 Å². The van der Waals surface area contributed by atoms with Crippen LogP contribution in [0.4, 0.5) is 17.1 Å². The molecule has 0 unspecified atom stereocenters. The number of anilines is 3. The van der Waals surface area contributed by atoms with Crippen LogP contribution in [0.15, 0.2) is 66.7 Å². The SMILES string of the molecule is COc1ccccc1N1CCN(CCCN2c3ccccc3Oc3cccc(O)c32)CC1. The summed E-state index contributed by atoms with van der Waals surface area (Å²) in [6, 6.07) is 21.7. The Labute approximate surface area is 189 Å². The first-order valence-corrected chi connectivity index (χ1v) is 11.2. The summed E-state index contributed by atoms with van der Waals surface area (Å²) < 4.78 is 11.6. The van der Waals surface area contributed by atoms with E-state index in [2.05, 4.69) is 32.9 Å². The molecule has 0 aromatic heterocycles. The molecule has 6 heteroatoms. The molecule has 2 aliphatic heterocycles. The van der Waals surface area contributed by atoms with Crippen molar-refractivity contribution in [2.75, 3.05) is 56.2 Å². The maximum absolute atomic E-state index is 10.5. The second-order valence-corrected chi connectivity index (χ2v) is 8.20. The highest BCUT2D eigenvalue weighted by Gasteiger charge is 2.27. The van der Waals surface area contributed by atoms with Crippen LogP contribution in [0.5, 0.6) is 23.0 Å². The molecule has 32 heavy (non-hydrogen) atoms. The van der Waals surface area contributed by atoms with Gasteiger partial charge in [0.1, 0.15) is 17.2 Å². The van der Waals surface area contributed by atoms with Gasteiger partial charge in [0.15, 0.2) is 11.5 Å². The van der Waals surface area contributed by atoms with Crippen LogP contribution in [0.3, 0.4) is 0 Å². The minimum absolute atomic E-state index is 0.252. The smallest absolute Gasteiger partial charge is 0.155 e. The highest BCUT2D eigenvalue weighted by atomic mass is 16.5. The van der Waals surface area contributed by atoms with Crippen LogP contribution in [0, 0.1) is 0 Å². The summed E-state index contributed by atoms with van der Waals surface area (Å²) in [5.41, 5.74) is 2.93. The number of aromatic hydroxyl groups is 1. The Morgan fingerprint density at radius 1 is 0.812 bits per heavy atom. The van der Waals surface area contributed by atoms with Crippen molar-refractivity contribution >= 4 is 17.1 Å². The topological polar surface area (TPSA) is 48.4 Å². The predicted octanol–water partition coefficient (Wildman–Crippen LogP) is 4.86. The van der Waals surface area contributed by atoms with Gasteiger partial charge >= 0.3 is 0 Å². The van der Waals surface area contributed by atoms with E-state index in [4.69, 9.17) is 9.47 Å². The Hall–Kier alpha value is -3.38. The highest BCUT2D eigenvalue weighted by molar-refractivity contribution is 5.81. The molecule has 0 spiro atoms. The number of nitrogens with zero attached hydrogens (tertiary/aromatic N) is 3. The quantitative estimate of drug-likeness (QED) is 0.602. The number of methoxy groups -OCH3 is 1. The molecule has 2 aliphatic rings. The summed E-state index contributed by atoms with van der Waals surface area (Å²) in [5, 5.41) is 10.5. The molecule has 5 rings (SSSR count). The molecule has 1 N–H and O–H groups in total. The largest absolute Gasteiger partial charge is 0.506 e. The number of fused-ring (bicyclic) bond motifs is 2. The normalized spacial score (nSPS) is 15.7. The van der Waals surface area contributed by atoms with E-state index in [1.54, 1.807) is 13.2 Å². The first kappa shape index (κ1) is 20.5. The molecule has 0 radical (unpaired) electrons. The average Bonchev–Trinajstić information content (AvgIpc) is 2.84. The molecule has 0 saturated carbocycles. The van der Waals surface area contributed by atoms with Gasteiger partial charge in [-0.1, -0.05) is 30.3 Å². The van der Waals surface area contributed by atoms with Crippen LogP contribution in [0.25, 0.3) is 0 Å². The van der Waals surface area contributed by atoms with Gasteiger partial charge in [0.2, 0.25) is 0 Å². The van der Waals surface area contributed by atoms with Crippen LogP contribution in [0.1, 0.15) is 6.42 Å². The van der Waals surface area contributed by atoms with Crippen molar-refractivity contribution in [3.63, 3.8) is 0 Å². The maximum atomic E-state index is 10.5. The molecule has 0 amide bonds. The Balaban J connectivity index is 1.22. The van der Waals surface area contributed by atoms with Gasteiger partial charge in [0, 0.05) is 32.7 Å². The van der Waals surface area contributed by atoms with E-state index < -0.39 is 0 Å². The number of hydrogen-bond acceptors (Lipinski definition) is 6. The zero-order valence-corrected chi connectivity index (χ0v) is 18.4. The van der Waals surface area contributed by atoms with Crippen molar-refractivity contribution in [1.29, 1.82) is 0 Å². The van der Waals surface area contributed by atoms with Crippen molar-refractivity contribution < 1.29 is 14.6 Å². The van der Waals surface area contributed by atoms with E-state index in [-0.39, 0.29) is 5.75 Å². The van der Waals surface area contributed by atoms with Crippen LogP contribution in [0.2, 0.25) is 0 Å². The zero-order valence-electron chi connectivity index (χ0n) is 18.4. The van der Waals surface area contributed by atoms with Crippen molar-refractivity contribution in [3.05, 3.63) is 66.7 Å². The van der Waals surface area contributed by atoms with Gasteiger partial charge in [0.05, 0.1) is 18.5 Å². The third kappa shape index (κ3) is 3.94. The fraction of sp³-hybridized carbons (Fsp3) is 0.308. The standard InChI is InChI=1S/C26H29N3O3/c1-31-23-11-4-2-8-20(23)28-18-16-27(17-19-28)14-7-15-29-21-9-3-5-12-24(21)32-25-13-6-10-22(30)26(25)29/h2-6,8-13,30H,7,14-19H2,1H3. The fourth-order valence-corrected chi connectivity index (χ4v) is 4.66. The van der Waals surface area contributed by atoms with Crippen molar-refractivity contribution in [2.24, 2.45) is 0 Å². The summed E-state index contributed by atoms with van der Waals surface area (Å²) in [6.45, 7) is 5.87. The van der Waals surface area contributed by atoms with Crippen LogP contribution >= 0.6 is 0 Å². The summed E-state index contributed by atoms with van der Waals surface area (Å²) in [4.78, 5) is 7.11. The number of ether oxygens (including phenoxy) is 2. The third-order valence-corrected chi connectivity index (χ3v) is 6.28. The lowest BCUT2D eigenvalue weighted by molar-refractivity contribution is 0.255. The fourth-order valence-electron chi connectivity index (χ4n) is 4.66. The van der Waals surface area contributed by atoms with Gasteiger partial charge in [-0.05, 0) is 49.4 Å². The number of rotatable bonds is 6. The summed E-state index contributed by atoms with van der Waals surface area (Å²) in [5.74, 6) is 2.72. The Bertz CT molecular complexity index is 1080. The first-order chi connectivity index (χ1) is 15.7. The lowest BCUT2D eigenvalue weighted by Gasteiger charge is -2.37. The minimum atomic E-state index is 0.252. The lowest BCUT2D eigenvalue weighted by atomic mass is 10.1. The van der Waals surface area contributed by atoms with Crippen LogP contribution < -0.4 is 19.3 Å². The average molecular weight is 432 g/mol. The van der Waals surface area contributed by atoms with Crippen molar-refractivity contribution in [2.45, 2.75) is 6.42 Å². The van der Waals surface area contributed by atoms with Gasteiger partial charge in [0.25, 0.3) is 0 Å². The molecule has 3 aromatic carbocycles. The Morgan fingerprint density at radius 3 is 2.34 bits per heavy atom. The summed E-state index contributed by atoms with van der Waals surface area (Å²) in [6.07, 6.45) is 0.997. The van der Waals surface area contributed by atoms with Crippen LogP contribution in [-0.4, -0.2) is 56.4 Å². The number of phenolic OH excluding ortho intramolecular Hbond substituents is 1. The molecule has 0 aliphatic carbocycles. The van der Waals surface area contributed by atoms with Gasteiger partial charge in [-0.15, -0.1) is 0 Å². The minimum Gasteiger partial charge on any atom is -0.506 e. The molecule has 3 aromatic rings. The molecule has 0 atom stereocenters. The van der Waals surface area contributed by atoms with Crippen molar-refractivity contribution in [1.82, 2.24) is 4.90 Å². The second-order valence-electron chi connectivity index (χ2n) is 8.20. The van der Waals surface area contributed by atoms with Gasteiger partial charge < -0.3 is 24.4 Å². The zero-order chi connectivity index (χ0) is 21.9. The molecule has 2 heterocycles. The molecule has 166 valence electrons. The number of para-hydroxylation sites is 5. The molecule has 6 nitrogen and oxygen atoms in total. The predicted molar refractivity (Wildman–Crippen MR) is 128 cm³/mol. The monoisotopic (exact) mass is 431 g/mol. The van der Waals surface area contributed by atoms with E-state index in [9.17, 15) is 5.11 Å². The van der Waals surface area contributed by atoms with Gasteiger partial charge in [-0.2, -0.15) is 0 Å². The number of hydrogen-bond donors (Lipinski definition) is 1. The van der Waals surface area contributed by atoms with Gasteiger partial charge in [-0.3, -0.25) is 4.90 Å². The molecule has 1 saturated heterocycles. The molecular formula is C26H29N3O3. The number of phenols is 1. The van der Waals surface area contributed by atoms with E-state index >= 15 is 0 Å². The lowest BCUT2D eigenvalue weighted by Crippen LogP contribution is -2.47. The molecule has 0 bridgehead atoms. The summed E-state index contributed by atoms with van der Waals surface area (Å²) in [7, 11) is 1.73. The first-order valence-electron chi connectivity index (χ1n) is 11.2. The number of piperazine rings is 1.